The van der Waals surface area contributed by atoms with Crippen LogP contribution in [0, 0.1) is 0 Å². The first-order chi connectivity index (χ1) is 11.3. The van der Waals surface area contributed by atoms with E-state index in [-0.39, 0.29) is 5.91 Å². The Morgan fingerprint density at radius 3 is 3.13 bits per heavy atom. The lowest BCUT2D eigenvalue weighted by Gasteiger charge is -2.12. The summed E-state index contributed by atoms with van der Waals surface area (Å²) in [5.41, 5.74) is 2.78. The van der Waals surface area contributed by atoms with E-state index in [0.29, 0.717) is 12.3 Å². The molecule has 1 heterocycles. The zero-order chi connectivity index (χ0) is 16.1. The number of carbonyl (C=O) groups is 1. The maximum atomic E-state index is 12.2. The van der Waals surface area contributed by atoms with E-state index in [0.717, 1.165) is 44.6 Å². The molecule has 2 aromatic rings. The van der Waals surface area contributed by atoms with Crippen LogP contribution in [0.5, 0.6) is 0 Å². The predicted molar refractivity (Wildman–Crippen MR) is 91.4 cm³/mol. The van der Waals surface area contributed by atoms with Gasteiger partial charge < -0.3 is 9.88 Å². The normalized spacial score (nSPS) is 16.3. The van der Waals surface area contributed by atoms with Gasteiger partial charge in [-0.2, -0.15) is 0 Å². The summed E-state index contributed by atoms with van der Waals surface area (Å²) in [5, 5.41) is 3.07. The summed E-state index contributed by atoms with van der Waals surface area (Å²) in [6.45, 7) is 3.75. The van der Waals surface area contributed by atoms with Crippen molar-refractivity contribution in [3.8, 4) is 0 Å². The van der Waals surface area contributed by atoms with Crippen LogP contribution < -0.4 is 5.32 Å². The van der Waals surface area contributed by atoms with Crippen molar-refractivity contribution in [3.05, 3.63) is 53.6 Å². The van der Waals surface area contributed by atoms with E-state index in [4.69, 9.17) is 0 Å². The van der Waals surface area contributed by atoms with E-state index in [1.54, 1.807) is 0 Å². The summed E-state index contributed by atoms with van der Waals surface area (Å²) in [7, 11) is 0. The van der Waals surface area contributed by atoms with Crippen LogP contribution in [0.15, 0.2) is 36.7 Å². The van der Waals surface area contributed by atoms with Gasteiger partial charge in [-0.1, -0.05) is 31.2 Å². The number of hydrogen-bond acceptors (Lipinski definition) is 2. The summed E-state index contributed by atoms with van der Waals surface area (Å²) in [4.78, 5) is 16.5. The summed E-state index contributed by atoms with van der Waals surface area (Å²) in [6.07, 6.45) is 8.56. The molecule has 4 nitrogen and oxygen atoms in total. The van der Waals surface area contributed by atoms with Gasteiger partial charge in [-0.15, -0.1) is 0 Å². The van der Waals surface area contributed by atoms with Crippen LogP contribution in [0.2, 0.25) is 0 Å². The average molecular weight is 311 g/mol. The highest BCUT2D eigenvalue weighted by Crippen LogP contribution is 2.34. The zero-order valence-electron chi connectivity index (χ0n) is 13.8. The van der Waals surface area contributed by atoms with Crippen molar-refractivity contribution in [2.45, 2.75) is 51.5 Å². The number of carbonyl (C=O) groups excluding carboxylic acids is 1. The second-order valence-electron chi connectivity index (χ2n) is 6.23. The number of amides is 1. The van der Waals surface area contributed by atoms with E-state index >= 15 is 0 Å². The van der Waals surface area contributed by atoms with Crippen LogP contribution in [-0.4, -0.2) is 22.0 Å². The molecule has 1 aliphatic rings. The minimum absolute atomic E-state index is 0.174. The quantitative estimate of drug-likeness (QED) is 0.799. The third kappa shape index (κ3) is 3.81. The lowest BCUT2D eigenvalue weighted by Crippen LogP contribution is -2.26. The summed E-state index contributed by atoms with van der Waals surface area (Å²) >= 11 is 0. The Morgan fingerprint density at radius 1 is 1.39 bits per heavy atom. The Labute approximate surface area is 137 Å². The second-order valence-corrected chi connectivity index (χ2v) is 6.23. The third-order valence-corrected chi connectivity index (χ3v) is 4.70. The van der Waals surface area contributed by atoms with Gasteiger partial charge in [0.2, 0.25) is 5.91 Å². The molecule has 0 saturated carbocycles. The van der Waals surface area contributed by atoms with Gasteiger partial charge in [-0.3, -0.25) is 4.79 Å². The fraction of sp³-hybridized carbons (Fsp3) is 0.474. The molecule has 3 rings (SSSR count). The first-order valence-electron chi connectivity index (χ1n) is 8.62. The minimum atomic E-state index is 0.174. The van der Waals surface area contributed by atoms with E-state index in [2.05, 4.69) is 46.1 Å². The highest BCUT2D eigenvalue weighted by Gasteiger charge is 2.23. The fourth-order valence-corrected chi connectivity index (χ4v) is 3.49. The number of benzene rings is 1. The Kier molecular flexibility index (Phi) is 5.11. The molecule has 23 heavy (non-hydrogen) atoms. The van der Waals surface area contributed by atoms with Crippen LogP contribution in [0.3, 0.4) is 0 Å². The highest BCUT2D eigenvalue weighted by molar-refractivity contribution is 5.77. The van der Waals surface area contributed by atoms with Crippen molar-refractivity contribution < 1.29 is 4.79 Å². The number of aromatic nitrogens is 2. The topological polar surface area (TPSA) is 46.9 Å². The van der Waals surface area contributed by atoms with Gasteiger partial charge >= 0.3 is 0 Å². The van der Waals surface area contributed by atoms with Gasteiger partial charge in [-0.05, 0) is 36.3 Å². The molecule has 0 unspecified atom stereocenters. The average Bonchev–Trinajstić information content (AvgIpc) is 3.18. The van der Waals surface area contributed by atoms with Crippen molar-refractivity contribution in [1.82, 2.24) is 14.9 Å². The van der Waals surface area contributed by atoms with Gasteiger partial charge in [-0.25, -0.2) is 4.98 Å². The van der Waals surface area contributed by atoms with Gasteiger partial charge in [0.15, 0.2) is 0 Å². The van der Waals surface area contributed by atoms with E-state index in [1.807, 2.05) is 12.4 Å². The predicted octanol–water partition coefficient (Wildman–Crippen LogP) is 3.07. The smallest absolute Gasteiger partial charge is 0.220 e. The molecule has 1 N–H and O–H groups in total. The monoisotopic (exact) mass is 311 g/mol. The molecule has 0 aliphatic heterocycles. The van der Waals surface area contributed by atoms with Crippen molar-refractivity contribution in [2.24, 2.45) is 0 Å². The van der Waals surface area contributed by atoms with Crippen molar-refractivity contribution in [3.63, 3.8) is 0 Å². The number of nitrogens with zero attached hydrogens (tertiary/aromatic N) is 2. The van der Waals surface area contributed by atoms with Crippen LogP contribution in [0.1, 0.15) is 49.1 Å². The second kappa shape index (κ2) is 7.44. The largest absolute Gasteiger partial charge is 0.356 e. The molecular formula is C19H25N3O. The molecule has 1 amide bonds. The molecule has 1 aliphatic carbocycles. The Bertz CT molecular complexity index is 662. The molecule has 0 fully saturated rings. The summed E-state index contributed by atoms with van der Waals surface area (Å²) < 4.78 is 2.17. The summed E-state index contributed by atoms with van der Waals surface area (Å²) in [5.74, 6) is 1.68. The van der Waals surface area contributed by atoms with E-state index in [1.165, 1.54) is 11.1 Å². The lowest BCUT2D eigenvalue weighted by molar-refractivity contribution is -0.121. The molecule has 0 bridgehead atoms. The molecule has 1 aromatic carbocycles. The van der Waals surface area contributed by atoms with Crippen molar-refractivity contribution in [1.29, 1.82) is 0 Å². The van der Waals surface area contributed by atoms with Crippen LogP contribution in [0.4, 0.5) is 0 Å². The number of hydrogen-bond donors (Lipinski definition) is 1. The molecule has 0 radical (unpaired) electrons. The standard InChI is InChI=1S/C19H25N3O/c1-2-18-20-11-13-22(18)12-5-10-21-19(23)14-16-9-8-15-6-3-4-7-17(15)16/h3-4,6-7,11,13,16H,2,5,8-10,12,14H2,1H3,(H,21,23)/t16-/m0/s1. The number of nitrogens with one attached hydrogen (secondary N) is 1. The molecule has 0 saturated heterocycles. The van der Waals surface area contributed by atoms with E-state index in [9.17, 15) is 4.79 Å². The third-order valence-electron chi connectivity index (χ3n) is 4.70. The maximum absolute atomic E-state index is 12.2. The lowest BCUT2D eigenvalue weighted by atomic mass is 9.97. The van der Waals surface area contributed by atoms with Crippen LogP contribution in [-0.2, 0) is 24.2 Å². The molecular weight excluding hydrogens is 286 g/mol. The number of fused-ring (bicyclic) bond motifs is 1. The number of imidazole rings is 1. The summed E-state index contributed by atoms with van der Waals surface area (Å²) in [6, 6.07) is 8.52. The van der Waals surface area contributed by atoms with Gasteiger partial charge in [0, 0.05) is 38.3 Å². The van der Waals surface area contributed by atoms with Gasteiger partial charge in [0.05, 0.1) is 0 Å². The highest BCUT2D eigenvalue weighted by atomic mass is 16.1. The van der Waals surface area contributed by atoms with Crippen molar-refractivity contribution in [2.75, 3.05) is 6.54 Å². The van der Waals surface area contributed by atoms with Crippen LogP contribution in [0.25, 0.3) is 0 Å². The molecule has 122 valence electrons. The number of rotatable bonds is 7. The molecule has 1 atom stereocenters. The Balaban J connectivity index is 1.41. The van der Waals surface area contributed by atoms with Crippen molar-refractivity contribution >= 4 is 5.91 Å². The maximum Gasteiger partial charge on any atom is 0.220 e. The Hall–Kier alpha value is -2.10. The Morgan fingerprint density at radius 2 is 2.26 bits per heavy atom. The first kappa shape index (κ1) is 15.8. The van der Waals surface area contributed by atoms with Crippen LogP contribution >= 0.6 is 0 Å². The van der Waals surface area contributed by atoms with Gasteiger partial charge in [0.1, 0.15) is 5.82 Å². The fourth-order valence-electron chi connectivity index (χ4n) is 3.49. The molecule has 0 spiro atoms. The van der Waals surface area contributed by atoms with E-state index < -0.39 is 0 Å². The zero-order valence-corrected chi connectivity index (χ0v) is 13.8. The SMILES string of the molecule is CCc1nccn1CCCNC(=O)C[C@@H]1CCc2ccccc21. The van der Waals surface area contributed by atoms with Gasteiger partial charge in [0.25, 0.3) is 0 Å². The number of aryl methyl sites for hydroxylation is 3. The molecule has 1 aromatic heterocycles. The molecule has 4 heteroatoms. The minimum Gasteiger partial charge on any atom is -0.356 e. The first-order valence-corrected chi connectivity index (χ1v) is 8.62.